The summed E-state index contributed by atoms with van der Waals surface area (Å²) in [6.07, 6.45) is -1.49. The Balaban J connectivity index is 1.99. The minimum atomic E-state index is -4.40. The van der Waals surface area contributed by atoms with E-state index in [1.54, 1.807) is 13.0 Å². The first-order valence-corrected chi connectivity index (χ1v) is 6.99. The van der Waals surface area contributed by atoms with Crippen molar-refractivity contribution in [3.8, 4) is 0 Å². The number of aromatic carboxylic acids is 1. The van der Waals surface area contributed by atoms with Crippen molar-refractivity contribution >= 4 is 11.6 Å². The van der Waals surface area contributed by atoms with E-state index in [0.717, 1.165) is 12.1 Å². The third-order valence-corrected chi connectivity index (χ3v) is 3.75. The molecule has 2 aromatic heterocycles. The highest BCUT2D eigenvalue weighted by Gasteiger charge is 2.30. The Morgan fingerprint density at radius 2 is 2.04 bits per heavy atom. The Kier molecular flexibility index (Phi) is 3.75. The predicted molar refractivity (Wildman–Crippen MR) is 78.9 cm³/mol. The molecule has 1 aromatic carbocycles. The van der Waals surface area contributed by atoms with E-state index in [2.05, 4.69) is 10.1 Å². The number of aryl methyl sites for hydroxylation is 1. The number of rotatable bonds is 3. The van der Waals surface area contributed by atoms with Crippen molar-refractivity contribution in [1.29, 1.82) is 0 Å². The van der Waals surface area contributed by atoms with Gasteiger partial charge in [-0.05, 0) is 24.1 Å². The second-order valence-electron chi connectivity index (χ2n) is 5.34. The summed E-state index contributed by atoms with van der Waals surface area (Å²) in [5, 5.41) is 13.1. The van der Waals surface area contributed by atoms with Gasteiger partial charge in [-0.1, -0.05) is 18.2 Å². The Morgan fingerprint density at radius 1 is 1.29 bits per heavy atom. The van der Waals surface area contributed by atoms with E-state index in [4.69, 9.17) is 5.11 Å². The minimum absolute atomic E-state index is 0.0243. The smallest absolute Gasteiger partial charge is 0.416 e. The molecular formula is C16H12F3N3O2. The lowest BCUT2D eigenvalue weighted by atomic mass is 10.0. The summed E-state index contributed by atoms with van der Waals surface area (Å²) in [6.45, 7) is 1.72. The van der Waals surface area contributed by atoms with Crippen LogP contribution in [0.4, 0.5) is 13.2 Å². The van der Waals surface area contributed by atoms with Crippen LogP contribution in [-0.4, -0.2) is 25.7 Å². The van der Waals surface area contributed by atoms with Crippen LogP contribution in [0.15, 0.2) is 36.7 Å². The monoisotopic (exact) mass is 335 g/mol. The maximum absolute atomic E-state index is 12.8. The SMILES string of the molecule is Cc1c(Cc2cccc(C(F)(F)F)c2)cnc2c(C(=O)O)cnn12. The van der Waals surface area contributed by atoms with Gasteiger partial charge in [0.05, 0.1) is 11.8 Å². The molecule has 3 rings (SSSR count). The Hall–Kier alpha value is -2.90. The van der Waals surface area contributed by atoms with E-state index < -0.39 is 17.7 Å². The van der Waals surface area contributed by atoms with Gasteiger partial charge in [0.25, 0.3) is 0 Å². The summed E-state index contributed by atoms with van der Waals surface area (Å²) >= 11 is 0. The van der Waals surface area contributed by atoms with E-state index in [1.165, 1.54) is 23.0 Å². The molecule has 0 spiro atoms. The molecule has 1 N–H and O–H groups in total. The van der Waals surface area contributed by atoms with Crippen LogP contribution in [0, 0.1) is 6.92 Å². The third kappa shape index (κ3) is 2.82. The lowest BCUT2D eigenvalue weighted by Crippen LogP contribution is -2.07. The maximum atomic E-state index is 12.8. The van der Waals surface area contributed by atoms with Gasteiger partial charge >= 0.3 is 12.1 Å². The van der Waals surface area contributed by atoms with Crippen LogP contribution in [0.25, 0.3) is 5.65 Å². The minimum Gasteiger partial charge on any atom is -0.477 e. The third-order valence-electron chi connectivity index (χ3n) is 3.75. The van der Waals surface area contributed by atoms with Crippen LogP contribution in [-0.2, 0) is 12.6 Å². The van der Waals surface area contributed by atoms with Crippen molar-refractivity contribution in [3.63, 3.8) is 0 Å². The largest absolute Gasteiger partial charge is 0.477 e. The molecule has 124 valence electrons. The average molecular weight is 335 g/mol. The van der Waals surface area contributed by atoms with Gasteiger partial charge in [-0.3, -0.25) is 0 Å². The summed E-state index contributed by atoms with van der Waals surface area (Å²) in [5.41, 5.74) is 1.25. The van der Waals surface area contributed by atoms with E-state index >= 15 is 0 Å². The first kappa shape index (κ1) is 16.0. The standard InChI is InChI=1S/C16H12F3N3O2/c1-9-11(5-10-3-2-4-12(6-10)16(17,18)19)7-20-14-13(15(23)24)8-21-22(9)14/h2-4,6-8H,5H2,1H3,(H,23,24). The van der Waals surface area contributed by atoms with Gasteiger partial charge in [0.1, 0.15) is 5.56 Å². The molecule has 0 fully saturated rings. The topological polar surface area (TPSA) is 67.5 Å². The number of hydrogen-bond donors (Lipinski definition) is 1. The van der Waals surface area contributed by atoms with E-state index in [0.29, 0.717) is 16.8 Å². The molecule has 0 unspecified atom stereocenters. The van der Waals surface area contributed by atoms with Gasteiger partial charge in [0.15, 0.2) is 5.65 Å². The highest BCUT2D eigenvalue weighted by Crippen LogP contribution is 2.30. The van der Waals surface area contributed by atoms with Gasteiger partial charge in [-0.25, -0.2) is 14.3 Å². The molecule has 0 atom stereocenters. The molecule has 0 radical (unpaired) electrons. The van der Waals surface area contributed by atoms with Crippen molar-refractivity contribution in [1.82, 2.24) is 14.6 Å². The predicted octanol–water partition coefficient (Wildman–Crippen LogP) is 3.35. The van der Waals surface area contributed by atoms with Crippen molar-refractivity contribution in [2.75, 3.05) is 0 Å². The molecule has 0 saturated carbocycles. The number of aromatic nitrogens is 3. The van der Waals surface area contributed by atoms with Crippen LogP contribution in [0.5, 0.6) is 0 Å². The number of halogens is 3. The summed E-state index contributed by atoms with van der Waals surface area (Å²) in [7, 11) is 0. The summed E-state index contributed by atoms with van der Waals surface area (Å²) < 4.78 is 39.8. The number of nitrogens with zero attached hydrogens (tertiary/aromatic N) is 3. The molecule has 2 heterocycles. The first-order valence-electron chi connectivity index (χ1n) is 6.99. The van der Waals surface area contributed by atoms with Gasteiger partial charge < -0.3 is 5.11 Å². The van der Waals surface area contributed by atoms with Crippen molar-refractivity contribution < 1.29 is 23.1 Å². The molecule has 5 nitrogen and oxygen atoms in total. The number of hydrogen-bond acceptors (Lipinski definition) is 3. The van der Waals surface area contributed by atoms with Crippen LogP contribution in [0.1, 0.15) is 32.7 Å². The van der Waals surface area contributed by atoms with E-state index in [9.17, 15) is 18.0 Å². The second kappa shape index (κ2) is 5.63. The normalized spacial score (nSPS) is 11.8. The average Bonchev–Trinajstić information content (AvgIpc) is 2.94. The first-order chi connectivity index (χ1) is 11.3. The quantitative estimate of drug-likeness (QED) is 0.797. The number of fused-ring (bicyclic) bond motifs is 1. The number of carboxylic acid groups (broad SMARTS) is 1. The molecule has 0 aliphatic carbocycles. The van der Waals surface area contributed by atoms with Crippen molar-refractivity contribution in [2.24, 2.45) is 0 Å². The summed E-state index contributed by atoms with van der Waals surface area (Å²) in [5.74, 6) is -1.14. The fourth-order valence-electron chi connectivity index (χ4n) is 2.48. The van der Waals surface area contributed by atoms with Crippen LogP contribution in [0.3, 0.4) is 0 Å². The molecule has 3 aromatic rings. The summed E-state index contributed by atoms with van der Waals surface area (Å²) in [6, 6.07) is 5.07. The maximum Gasteiger partial charge on any atom is 0.416 e. The van der Waals surface area contributed by atoms with Gasteiger partial charge in [-0.2, -0.15) is 18.3 Å². The molecule has 24 heavy (non-hydrogen) atoms. The Bertz CT molecular complexity index is 932. The van der Waals surface area contributed by atoms with E-state index in [-0.39, 0.29) is 17.6 Å². The summed E-state index contributed by atoms with van der Waals surface area (Å²) in [4.78, 5) is 15.2. The highest BCUT2D eigenvalue weighted by atomic mass is 19.4. The second-order valence-corrected chi connectivity index (χ2v) is 5.34. The molecule has 0 saturated heterocycles. The lowest BCUT2D eigenvalue weighted by molar-refractivity contribution is -0.137. The van der Waals surface area contributed by atoms with Crippen LogP contribution < -0.4 is 0 Å². The molecule has 8 heteroatoms. The number of alkyl halides is 3. The van der Waals surface area contributed by atoms with Crippen LogP contribution >= 0.6 is 0 Å². The zero-order valence-corrected chi connectivity index (χ0v) is 12.5. The molecule has 0 aliphatic heterocycles. The van der Waals surface area contributed by atoms with Crippen molar-refractivity contribution in [3.05, 3.63) is 64.6 Å². The van der Waals surface area contributed by atoms with Crippen LogP contribution in [0.2, 0.25) is 0 Å². The fraction of sp³-hybridized carbons (Fsp3) is 0.188. The molecular weight excluding hydrogens is 323 g/mol. The van der Waals surface area contributed by atoms with Crippen molar-refractivity contribution in [2.45, 2.75) is 19.5 Å². The molecule has 0 bridgehead atoms. The zero-order valence-electron chi connectivity index (χ0n) is 12.5. The van der Waals surface area contributed by atoms with Gasteiger partial charge in [-0.15, -0.1) is 0 Å². The zero-order chi connectivity index (χ0) is 17.5. The Labute approximate surface area is 134 Å². The number of benzene rings is 1. The lowest BCUT2D eigenvalue weighted by Gasteiger charge is -2.10. The van der Waals surface area contributed by atoms with Gasteiger partial charge in [0, 0.05) is 18.3 Å². The molecule has 0 aliphatic rings. The Morgan fingerprint density at radius 3 is 2.71 bits per heavy atom. The number of carbonyl (C=O) groups is 1. The molecule has 0 amide bonds. The van der Waals surface area contributed by atoms with Gasteiger partial charge in [0.2, 0.25) is 0 Å². The fourth-order valence-corrected chi connectivity index (χ4v) is 2.48. The highest BCUT2D eigenvalue weighted by molar-refractivity contribution is 5.94. The number of carboxylic acids is 1. The van der Waals surface area contributed by atoms with E-state index in [1.807, 2.05) is 0 Å².